The van der Waals surface area contributed by atoms with Crippen LogP contribution >= 0.6 is 0 Å². The van der Waals surface area contributed by atoms with Crippen LogP contribution in [0.1, 0.15) is 0 Å². The highest BCUT2D eigenvalue weighted by Crippen LogP contribution is 2.04. The SMILES string of the molecule is Cn1c(=O)c2c(ncn2CC(=O)C=O)n(C)c1=O. The first-order chi connectivity index (χ1) is 8.47. The van der Waals surface area contributed by atoms with Crippen molar-refractivity contribution in [2.75, 3.05) is 0 Å². The van der Waals surface area contributed by atoms with E-state index in [1.54, 1.807) is 0 Å². The second-order valence-electron chi connectivity index (χ2n) is 3.83. The van der Waals surface area contributed by atoms with Gasteiger partial charge in [-0.15, -0.1) is 0 Å². The highest BCUT2D eigenvalue weighted by Gasteiger charge is 2.15. The largest absolute Gasteiger partial charge is 0.332 e. The summed E-state index contributed by atoms with van der Waals surface area (Å²) in [5, 5.41) is 0. The van der Waals surface area contributed by atoms with Crippen molar-refractivity contribution >= 4 is 23.2 Å². The molecule has 2 aromatic rings. The quantitative estimate of drug-likeness (QED) is 0.473. The minimum absolute atomic E-state index is 0.120. The molecule has 0 spiro atoms. The lowest BCUT2D eigenvalue weighted by atomic mass is 10.4. The number of aryl methyl sites for hydroxylation is 1. The standard InChI is InChI=1S/C10H10N4O4/c1-12-8-7(9(17)13(2)10(12)18)14(5-11-8)3-6(16)4-15/h4-5H,3H2,1-2H3. The number of carbonyl (C=O) groups excluding carboxylic acids is 2. The van der Waals surface area contributed by atoms with E-state index in [0.29, 0.717) is 0 Å². The average molecular weight is 250 g/mol. The summed E-state index contributed by atoms with van der Waals surface area (Å²) in [6.45, 7) is -0.270. The van der Waals surface area contributed by atoms with Crippen LogP contribution in [0.25, 0.3) is 11.2 Å². The van der Waals surface area contributed by atoms with E-state index in [0.717, 1.165) is 4.57 Å². The van der Waals surface area contributed by atoms with Crippen LogP contribution in [0.15, 0.2) is 15.9 Å². The van der Waals surface area contributed by atoms with E-state index in [2.05, 4.69) is 4.98 Å². The minimum Gasteiger partial charge on any atom is -0.317 e. The Kier molecular flexibility index (Phi) is 2.70. The van der Waals surface area contributed by atoms with Gasteiger partial charge in [-0.2, -0.15) is 0 Å². The number of Topliss-reactive ketones (excluding diaryl/α,β-unsaturated/α-hetero) is 1. The Balaban J connectivity index is 2.81. The molecule has 0 fully saturated rings. The van der Waals surface area contributed by atoms with Crippen molar-refractivity contribution in [2.24, 2.45) is 14.1 Å². The first-order valence-electron chi connectivity index (χ1n) is 5.06. The van der Waals surface area contributed by atoms with E-state index in [1.165, 1.54) is 29.6 Å². The predicted molar refractivity (Wildman–Crippen MR) is 61.3 cm³/mol. The molecular weight excluding hydrogens is 240 g/mol. The smallest absolute Gasteiger partial charge is 0.317 e. The van der Waals surface area contributed by atoms with Gasteiger partial charge in [0, 0.05) is 14.1 Å². The summed E-state index contributed by atoms with van der Waals surface area (Å²) < 4.78 is 3.39. The molecule has 2 heterocycles. The third kappa shape index (κ3) is 1.58. The third-order valence-electron chi connectivity index (χ3n) is 2.67. The predicted octanol–water partition coefficient (Wildman–Crippen LogP) is -1.80. The minimum atomic E-state index is -0.676. The molecule has 94 valence electrons. The molecule has 0 atom stereocenters. The van der Waals surface area contributed by atoms with Crippen LogP contribution in [0, 0.1) is 0 Å². The zero-order chi connectivity index (χ0) is 13.4. The second-order valence-corrected chi connectivity index (χ2v) is 3.83. The van der Waals surface area contributed by atoms with Crippen LogP contribution in [0.2, 0.25) is 0 Å². The average Bonchev–Trinajstić information content (AvgIpc) is 2.77. The number of ketones is 1. The lowest BCUT2D eigenvalue weighted by Crippen LogP contribution is -2.37. The summed E-state index contributed by atoms with van der Waals surface area (Å²) in [4.78, 5) is 48.9. The molecular formula is C10H10N4O4. The molecule has 0 unspecified atom stereocenters. The molecule has 0 aliphatic rings. The Bertz CT molecular complexity index is 765. The van der Waals surface area contributed by atoms with Crippen molar-refractivity contribution < 1.29 is 9.59 Å². The van der Waals surface area contributed by atoms with Crippen LogP contribution in [0.3, 0.4) is 0 Å². The molecule has 8 nitrogen and oxygen atoms in total. The van der Waals surface area contributed by atoms with Crippen molar-refractivity contribution in [3.05, 3.63) is 27.2 Å². The first kappa shape index (κ1) is 12.0. The first-order valence-corrected chi connectivity index (χ1v) is 5.06. The number of imidazole rings is 1. The van der Waals surface area contributed by atoms with Gasteiger partial charge in [-0.1, -0.05) is 0 Å². The molecule has 0 aliphatic carbocycles. The third-order valence-corrected chi connectivity index (χ3v) is 2.67. The van der Waals surface area contributed by atoms with Crippen LogP contribution in [0.5, 0.6) is 0 Å². The van der Waals surface area contributed by atoms with Gasteiger partial charge in [0.05, 0.1) is 12.9 Å². The van der Waals surface area contributed by atoms with Gasteiger partial charge in [0.2, 0.25) is 5.78 Å². The lowest BCUT2D eigenvalue weighted by Gasteiger charge is -2.04. The number of rotatable bonds is 3. The molecule has 2 aromatic heterocycles. The van der Waals surface area contributed by atoms with Crippen LogP contribution in [-0.4, -0.2) is 30.8 Å². The number of hydrogen-bond acceptors (Lipinski definition) is 5. The monoisotopic (exact) mass is 250 g/mol. The van der Waals surface area contributed by atoms with Gasteiger partial charge in [0.15, 0.2) is 17.5 Å². The Morgan fingerprint density at radius 3 is 2.61 bits per heavy atom. The Morgan fingerprint density at radius 1 is 1.33 bits per heavy atom. The summed E-state index contributed by atoms with van der Waals surface area (Å²) in [5.41, 5.74) is -0.750. The summed E-state index contributed by atoms with van der Waals surface area (Å²) in [6, 6.07) is 0. The van der Waals surface area contributed by atoms with Crippen molar-refractivity contribution in [1.29, 1.82) is 0 Å². The maximum atomic E-state index is 11.9. The van der Waals surface area contributed by atoms with E-state index in [9.17, 15) is 19.2 Å². The summed E-state index contributed by atoms with van der Waals surface area (Å²) in [7, 11) is 2.81. The fourth-order valence-corrected chi connectivity index (χ4v) is 1.72. The fraction of sp³-hybridized carbons (Fsp3) is 0.300. The zero-order valence-corrected chi connectivity index (χ0v) is 9.78. The van der Waals surface area contributed by atoms with Gasteiger partial charge in [-0.25, -0.2) is 9.78 Å². The van der Waals surface area contributed by atoms with Crippen molar-refractivity contribution in [1.82, 2.24) is 18.7 Å². The fourth-order valence-electron chi connectivity index (χ4n) is 1.72. The molecule has 18 heavy (non-hydrogen) atoms. The number of fused-ring (bicyclic) bond motifs is 1. The summed E-state index contributed by atoms with van der Waals surface area (Å²) in [6.07, 6.45) is 1.44. The van der Waals surface area contributed by atoms with Gasteiger partial charge in [-0.05, 0) is 0 Å². The molecule has 0 saturated heterocycles. The molecule has 0 N–H and O–H groups in total. The Labute approximate surface area is 100 Å². The maximum absolute atomic E-state index is 11.9. The highest BCUT2D eigenvalue weighted by atomic mass is 16.2. The van der Waals surface area contributed by atoms with E-state index in [-0.39, 0.29) is 24.0 Å². The topological polar surface area (TPSA) is 96.0 Å². The number of aldehydes is 1. The van der Waals surface area contributed by atoms with Gasteiger partial charge >= 0.3 is 5.69 Å². The molecule has 8 heteroatoms. The van der Waals surface area contributed by atoms with E-state index < -0.39 is 17.0 Å². The van der Waals surface area contributed by atoms with Crippen LogP contribution in [-0.2, 0) is 30.2 Å². The molecule has 0 bridgehead atoms. The van der Waals surface area contributed by atoms with E-state index in [1.807, 2.05) is 0 Å². The van der Waals surface area contributed by atoms with Crippen LogP contribution in [0.4, 0.5) is 0 Å². The Hall–Kier alpha value is -2.51. The van der Waals surface area contributed by atoms with Gasteiger partial charge in [-0.3, -0.25) is 23.5 Å². The molecule has 0 saturated carbocycles. The van der Waals surface area contributed by atoms with E-state index >= 15 is 0 Å². The highest BCUT2D eigenvalue weighted by molar-refractivity contribution is 6.24. The second kappa shape index (κ2) is 4.06. The normalized spacial score (nSPS) is 10.8. The molecule has 2 rings (SSSR count). The molecule has 0 aromatic carbocycles. The van der Waals surface area contributed by atoms with Crippen molar-refractivity contribution in [2.45, 2.75) is 6.54 Å². The molecule has 0 amide bonds. The van der Waals surface area contributed by atoms with Gasteiger partial charge in [0.1, 0.15) is 0 Å². The molecule has 0 radical (unpaired) electrons. The number of hydrogen-bond donors (Lipinski definition) is 0. The summed E-state index contributed by atoms with van der Waals surface area (Å²) >= 11 is 0. The lowest BCUT2D eigenvalue weighted by molar-refractivity contribution is -0.130. The maximum Gasteiger partial charge on any atom is 0.332 e. The number of aromatic nitrogens is 4. The number of carbonyl (C=O) groups is 2. The van der Waals surface area contributed by atoms with Crippen molar-refractivity contribution in [3.8, 4) is 0 Å². The summed E-state index contributed by atoms with van der Waals surface area (Å²) in [5.74, 6) is -0.676. The Morgan fingerprint density at radius 2 is 2.00 bits per heavy atom. The van der Waals surface area contributed by atoms with Crippen LogP contribution < -0.4 is 11.2 Å². The zero-order valence-electron chi connectivity index (χ0n) is 9.78. The molecule has 0 aliphatic heterocycles. The van der Waals surface area contributed by atoms with Gasteiger partial charge < -0.3 is 4.57 Å². The number of nitrogens with zero attached hydrogens (tertiary/aromatic N) is 4. The van der Waals surface area contributed by atoms with Crippen molar-refractivity contribution in [3.63, 3.8) is 0 Å². The van der Waals surface area contributed by atoms with Gasteiger partial charge in [0.25, 0.3) is 5.56 Å². The van der Waals surface area contributed by atoms with E-state index in [4.69, 9.17) is 0 Å².